The monoisotopic (exact) mass is 380 g/mol. The highest BCUT2D eigenvalue weighted by molar-refractivity contribution is 9.10. The van der Waals surface area contributed by atoms with E-state index < -0.39 is 0 Å². The lowest BCUT2D eigenvalue weighted by molar-refractivity contribution is 0.241. The highest BCUT2D eigenvalue weighted by atomic mass is 79.9. The summed E-state index contributed by atoms with van der Waals surface area (Å²) in [5.41, 5.74) is 2.31. The first-order valence-electron chi connectivity index (χ1n) is 7.14. The third kappa shape index (κ3) is 6.08. The van der Waals surface area contributed by atoms with Gasteiger partial charge >= 0.3 is 6.03 Å². The molecule has 116 valence electrons. The van der Waals surface area contributed by atoms with E-state index in [1.165, 1.54) is 5.56 Å². The number of halogens is 2. The molecule has 0 aliphatic carbocycles. The molecule has 22 heavy (non-hydrogen) atoms. The summed E-state index contributed by atoms with van der Waals surface area (Å²) in [6.45, 7) is 1.20. The van der Waals surface area contributed by atoms with Crippen LogP contribution in [-0.4, -0.2) is 19.1 Å². The molecule has 2 N–H and O–H groups in total. The van der Waals surface area contributed by atoms with Gasteiger partial charge in [0.05, 0.1) is 0 Å². The molecule has 0 atom stereocenters. The van der Waals surface area contributed by atoms with Crippen LogP contribution in [0.1, 0.15) is 11.1 Å². The summed E-state index contributed by atoms with van der Waals surface area (Å²) in [7, 11) is 0. The van der Waals surface area contributed by atoms with Crippen LogP contribution in [0, 0.1) is 0 Å². The highest BCUT2D eigenvalue weighted by Crippen LogP contribution is 2.11. The molecule has 0 aromatic heterocycles. The van der Waals surface area contributed by atoms with Gasteiger partial charge in [-0.3, -0.25) is 0 Å². The van der Waals surface area contributed by atoms with Gasteiger partial charge in [0.1, 0.15) is 0 Å². The molecular weight excluding hydrogens is 364 g/mol. The summed E-state index contributed by atoms with van der Waals surface area (Å²) in [5.74, 6) is 0. The predicted octanol–water partition coefficient (Wildman–Crippen LogP) is 4.19. The average Bonchev–Trinajstić information content (AvgIpc) is 2.49. The Labute approximate surface area is 144 Å². The minimum Gasteiger partial charge on any atom is -0.338 e. The lowest BCUT2D eigenvalue weighted by Crippen LogP contribution is -2.37. The Bertz CT molecular complexity index is 616. The topological polar surface area (TPSA) is 41.1 Å². The highest BCUT2D eigenvalue weighted by Gasteiger charge is 2.00. The maximum Gasteiger partial charge on any atom is 0.314 e. The molecule has 0 aliphatic rings. The minimum atomic E-state index is -0.140. The molecule has 2 aromatic carbocycles. The average molecular weight is 382 g/mol. The fourth-order valence-corrected chi connectivity index (χ4v) is 2.52. The van der Waals surface area contributed by atoms with Crippen molar-refractivity contribution in [1.29, 1.82) is 0 Å². The van der Waals surface area contributed by atoms with Gasteiger partial charge < -0.3 is 10.6 Å². The van der Waals surface area contributed by atoms with Crippen molar-refractivity contribution >= 4 is 33.6 Å². The molecular formula is C17H18BrClN2O. The van der Waals surface area contributed by atoms with Crippen molar-refractivity contribution < 1.29 is 4.79 Å². The molecule has 2 aromatic rings. The standard InChI is InChI=1S/C17H18BrClN2O/c18-15-6-4-13(5-7-15)8-10-20-17(22)21-11-9-14-2-1-3-16(19)12-14/h1-7,12H,8-11H2,(H2,20,21,22). The smallest absolute Gasteiger partial charge is 0.314 e. The lowest BCUT2D eigenvalue weighted by atomic mass is 10.1. The van der Waals surface area contributed by atoms with Gasteiger partial charge in [-0.2, -0.15) is 0 Å². The van der Waals surface area contributed by atoms with Crippen molar-refractivity contribution in [2.24, 2.45) is 0 Å². The van der Waals surface area contributed by atoms with E-state index >= 15 is 0 Å². The van der Waals surface area contributed by atoms with Gasteiger partial charge in [-0.1, -0.05) is 51.8 Å². The second kappa shape index (κ2) is 8.81. The van der Waals surface area contributed by atoms with E-state index in [1.54, 1.807) is 0 Å². The third-order valence-electron chi connectivity index (χ3n) is 3.20. The van der Waals surface area contributed by atoms with Crippen molar-refractivity contribution in [3.8, 4) is 0 Å². The van der Waals surface area contributed by atoms with Crippen LogP contribution in [-0.2, 0) is 12.8 Å². The predicted molar refractivity (Wildman–Crippen MR) is 94.4 cm³/mol. The van der Waals surface area contributed by atoms with Crippen LogP contribution < -0.4 is 10.6 Å². The van der Waals surface area contributed by atoms with Crippen LogP contribution in [0.25, 0.3) is 0 Å². The summed E-state index contributed by atoms with van der Waals surface area (Å²) >= 11 is 9.32. The van der Waals surface area contributed by atoms with Crippen molar-refractivity contribution in [3.05, 3.63) is 69.2 Å². The van der Waals surface area contributed by atoms with Crippen molar-refractivity contribution in [2.75, 3.05) is 13.1 Å². The summed E-state index contributed by atoms with van der Waals surface area (Å²) in [5, 5.41) is 6.42. The Balaban J connectivity index is 1.62. The van der Waals surface area contributed by atoms with Gasteiger partial charge in [0.15, 0.2) is 0 Å². The zero-order valence-corrected chi connectivity index (χ0v) is 14.5. The maximum atomic E-state index is 11.7. The van der Waals surface area contributed by atoms with E-state index in [0.29, 0.717) is 13.1 Å². The molecule has 0 fully saturated rings. The summed E-state index contributed by atoms with van der Waals surface area (Å²) in [6.07, 6.45) is 1.58. The summed E-state index contributed by atoms with van der Waals surface area (Å²) in [4.78, 5) is 11.7. The molecule has 5 heteroatoms. The first-order chi connectivity index (χ1) is 10.6. The van der Waals surface area contributed by atoms with E-state index in [-0.39, 0.29) is 6.03 Å². The van der Waals surface area contributed by atoms with Gasteiger partial charge in [0, 0.05) is 22.6 Å². The normalized spacial score (nSPS) is 10.3. The van der Waals surface area contributed by atoms with Crippen LogP contribution in [0.5, 0.6) is 0 Å². The van der Waals surface area contributed by atoms with Crippen molar-refractivity contribution in [2.45, 2.75) is 12.8 Å². The van der Waals surface area contributed by atoms with Crippen LogP contribution in [0.2, 0.25) is 5.02 Å². The molecule has 2 amide bonds. The Hall–Kier alpha value is -1.52. The number of amides is 2. The van der Waals surface area contributed by atoms with Crippen molar-refractivity contribution in [1.82, 2.24) is 10.6 Å². The second-order valence-electron chi connectivity index (χ2n) is 4.94. The Morgan fingerprint density at radius 2 is 1.59 bits per heavy atom. The maximum absolute atomic E-state index is 11.7. The molecule has 0 bridgehead atoms. The second-order valence-corrected chi connectivity index (χ2v) is 6.29. The number of hydrogen-bond donors (Lipinski definition) is 2. The fourth-order valence-electron chi connectivity index (χ4n) is 2.05. The van der Waals surface area contributed by atoms with Crippen LogP contribution in [0.3, 0.4) is 0 Å². The lowest BCUT2D eigenvalue weighted by Gasteiger charge is -2.08. The number of benzene rings is 2. The SMILES string of the molecule is O=C(NCCc1ccc(Br)cc1)NCCc1cccc(Cl)c1. The first-order valence-corrected chi connectivity index (χ1v) is 8.31. The van der Waals surface area contributed by atoms with E-state index in [1.807, 2.05) is 48.5 Å². The molecule has 3 nitrogen and oxygen atoms in total. The van der Waals surface area contributed by atoms with Gasteiger partial charge in [-0.15, -0.1) is 0 Å². The summed E-state index contributed by atoms with van der Waals surface area (Å²) < 4.78 is 1.06. The van der Waals surface area contributed by atoms with E-state index in [2.05, 4.69) is 26.6 Å². The van der Waals surface area contributed by atoms with Crippen molar-refractivity contribution in [3.63, 3.8) is 0 Å². The van der Waals surface area contributed by atoms with E-state index in [4.69, 9.17) is 11.6 Å². The summed E-state index contributed by atoms with van der Waals surface area (Å²) in [6, 6.07) is 15.6. The number of carbonyl (C=O) groups excluding carboxylic acids is 1. The minimum absolute atomic E-state index is 0.140. The zero-order chi connectivity index (χ0) is 15.8. The number of rotatable bonds is 6. The Morgan fingerprint density at radius 3 is 2.23 bits per heavy atom. The largest absolute Gasteiger partial charge is 0.338 e. The molecule has 0 saturated carbocycles. The Kier molecular flexibility index (Phi) is 6.74. The first kappa shape index (κ1) is 16.8. The fraction of sp³-hybridized carbons (Fsp3) is 0.235. The van der Waals surface area contributed by atoms with Gasteiger partial charge in [0.2, 0.25) is 0 Å². The number of carbonyl (C=O) groups is 1. The van der Waals surface area contributed by atoms with Gasteiger partial charge in [0.25, 0.3) is 0 Å². The molecule has 0 spiro atoms. The molecule has 0 unspecified atom stereocenters. The van der Waals surface area contributed by atoms with Gasteiger partial charge in [-0.05, 0) is 48.2 Å². The van der Waals surface area contributed by atoms with E-state index in [0.717, 1.165) is 27.9 Å². The van der Waals surface area contributed by atoms with Crippen LogP contribution in [0.4, 0.5) is 4.79 Å². The molecule has 2 rings (SSSR count). The molecule has 0 heterocycles. The quantitative estimate of drug-likeness (QED) is 0.774. The molecule has 0 radical (unpaired) electrons. The number of urea groups is 1. The van der Waals surface area contributed by atoms with Crippen LogP contribution >= 0.6 is 27.5 Å². The molecule has 0 aliphatic heterocycles. The Morgan fingerprint density at radius 1 is 0.955 bits per heavy atom. The third-order valence-corrected chi connectivity index (χ3v) is 3.96. The van der Waals surface area contributed by atoms with E-state index in [9.17, 15) is 4.79 Å². The molecule has 0 saturated heterocycles. The number of hydrogen-bond acceptors (Lipinski definition) is 1. The number of nitrogens with one attached hydrogen (secondary N) is 2. The van der Waals surface area contributed by atoms with Crippen LogP contribution in [0.15, 0.2) is 53.0 Å². The zero-order valence-electron chi connectivity index (χ0n) is 12.1. The van der Waals surface area contributed by atoms with Gasteiger partial charge in [-0.25, -0.2) is 4.79 Å².